The van der Waals surface area contributed by atoms with Crippen LogP contribution in [0.25, 0.3) is 0 Å². The van der Waals surface area contributed by atoms with E-state index in [-0.39, 0.29) is 5.91 Å². The molecule has 2 aromatic carbocycles. The van der Waals surface area contributed by atoms with Crippen LogP contribution in [-0.2, 0) is 11.2 Å². The standard InChI is InChI=1S/C21H21N5O/c1-15(27)23-17-8-4-9-18(14-17)24-21-22-12-11-20(25-21)26-13-5-7-16-6-2-3-10-19(16)26/h2-4,6,8-12,14H,5,7,13H2,1H3,(H,23,27)(H,22,24,25). The number of hydrogen-bond acceptors (Lipinski definition) is 5. The van der Waals surface area contributed by atoms with Gasteiger partial charge in [0, 0.05) is 36.7 Å². The molecule has 2 N–H and O–H groups in total. The van der Waals surface area contributed by atoms with E-state index in [1.54, 1.807) is 6.20 Å². The Bertz CT molecular complexity index is 972. The van der Waals surface area contributed by atoms with Gasteiger partial charge in [0.25, 0.3) is 0 Å². The maximum absolute atomic E-state index is 11.2. The van der Waals surface area contributed by atoms with Crippen molar-refractivity contribution in [2.75, 3.05) is 22.1 Å². The number of aryl methyl sites for hydroxylation is 1. The molecule has 1 aliphatic rings. The Labute approximate surface area is 158 Å². The molecular formula is C21H21N5O. The minimum Gasteiger partial charge on any atom is -0.326 e. The molecule has 0 atom stereocenters. The molecule has 1 amide bonds. The Morgan fingerprint density at radius 3 is 2.81 bits per heavy atom. The summed E-state index contributed by atoms with van der Waals surface area (Å²) in [5.74, 6) is 1.29. The predicted octanol–water partition coefficient (Wildman–Crippen LogP) is 4.26. The van der Waals surface area contributed by atoms with Crippen molar-refractivity contribution in [1.29, 1.82) is 0 Å². The second kappa shape index (κ2) is 7.45. The number of amides is 1. The molecule has 0 bridgehead atoms. The smallest absolute Gasteiger partial charge is 0.229 e. The van der Waals surface area contributed by atoms with Crippen LogP contribution in [0.15, 0.2) is 60.8 Å². The van der Waals surface area contributed by atoms with Crippen molar-refractivity contribution in [1.82, 2.24) is 9.97 Å². The summed E-state index contributed by atoms with van der Waals surface area (Å²) in [6, 6.07) is 17.9. The van der Waals surface area contributed by atoms with Gasteiger partial charge in [-0.05, 0) is 48.7 Å². The molecular weight excluding hydrogens is 338 g/mol. The summed E-state index contributed by atoms with van der Waals surface area (Å²) in [5.41, 5.74) is 4.10. The fourth-order valence-corrected chi connectivity index (χ4v) is 3.34. The molecule has 6 heteroatoms. The van der Waals surface area contributed by atoms with E-state index in [0.29, 0.717) is 5.95 Å². The highest BCUT2D eigenvalue weighted by Crippen LogP contribution is 2.32. The lowest BCUT2D eigenvalue weighted by molar-refractivity contribution is -0.114. The van der Waals surface area contributed by atoms with Gasteiger partial charge in [-0.25, -0.2) is 4.98 Å². The Morgan fingerprint density at radius 2 is 1.93 bits per heavy atom. The largest absolute Gasteiger partial charge is 0.326 e. The number of para-hydroxylation sites is 1. The molecule has 0 aliphatic carbocycles. The Hall–Kier alpha value is -3.41. The van der Waals surface area contributed by atoms with Crippen LogP contribution >= 0.6 is 0 Å². The third kappa shape index (κ3) is 3.89. The molecule has 4 rings (SSSR count). The van der Waals surface area contributed by atoms with Crippen molar-refractivity contribution < 1.29 is 4.79 Å². The predicted molar refractivity (Wildman–Crippen MR) is 108 cm³/mol. The van der Waals surface area contributed by atoms with Gasteiger partial charge in [0.05, 0.1) is 0 Å². The number of carbonyl (C=O) groups is 1. The van der Waals surface area contributed by atoms with Gasteiger partial charge in [-0.1, -0.05) is 24.3 Å². The topological polar surface area (TPSA) is 70.2 Å². The van der Waals surface area contributed by atoms with E-state index >= 15 is 0 Å². The van der Waals surface area contributed by atoms with Crippen LogP contribution in [0.4, 0.5) is 28.8 Å². The maximum atomic E-state index is 11.2. The molecule has 1 aliphatic heterocycles. The zero-order valence-corrected chi connectivity index (χ0v) is 15.1. The number of nitrogens with zero attached hydrogens (tertiary/aromatic N) is 3. The first kappa shape index (κ1) is 17.0. The first-order valence-electron chi connectivity index (χ1n) is 9.02. The highest BCUT2D eigenvalue weighted by Gasteiger charge is 2.19. The number of hydrogen-bond donors (Lipinski definition) is 2. The van der Waals surface area contributed by atoms with Crippen molar-refractivity contribution in [3.8, 4) is 0 Å². The van der Waals surface area contributed by atoms with Crippen LogP contribution in [0.3, 0.4) is 0 Å². The van der Waals surface area contributed by atoms with Crippen LogP contribution in [0.1, 0.15) is 18.9 Å². The Balaban J connectivity index is 1.58. The number of carbonyl (C=O) groups excluding carboxylic acids is 1. The van der Waals surface area contributed by atoms with Gasteiger partial charge in [0.15, 0.2) is 0 Å². The molecule has 2 heterocycles. The van der Waals surface area contributed by atoms with E-state index in [4.69, 9.17) is 4.98 Å². The molecule has 6 nitrogen and oxygen atoms in total. The normalized spacial score (nSPS) is 13.0. The average Bonchev–Trinajstić information content (AvgIpc) is 2.67. The number of aromatic nitrogens is 2. The summed E-state index contributed by atoms with van der Waals surface area (Å²) >= 11 is 0. The number of nitrogens with one attached hydrogen (secondary N) is 2. The van der Waals surface area contributed by atoms with Crippen LogP contribution in [-0.4, -0.2) is 22.4 Å². The van der Waals surface area contributed by atoms with Crippen LogP contribution in [0, 0.1) is 0 Å². The zero-order valence-electron chi connectivity index (χ0n) is 15.1. The van der Waals surface area contributed by atoms with Crippen molar-refractivity contribution >= 4 is 34.7 Å². The minimum absolute atomic E-state index is 0.103. The minimum atomic E-state index is -0.103. The molecule has 0 fully saturated rings. The SMILES string of the molecule is CC(=O)Nc1cccc(Nc2nccc(N3CCCc4ccccc43)n2)c1. The molecule has 0 saturated carbocycles. The first-order valence-corrected chi connectivity index (χ1v) is 9.02. The Kier molecular flexibility index (Phi) is 4.70. The van der Waals surface area contributed by atoms with Gasteiger partial charge in [-0.2, -0.15) is 4.98 Å². The number of benzene rings is 2. The van der Waals surface area contributed by atoms with E-state index in [0.717, 1.165) is 36.6 Å². The van der Waals surface area contributed by atoms with E-state index in [2.05, 4.69) is 44.8 Å². The van der Waals surface area contributed by atoms with Crippen molar-refractivity contribution in [3.63, 3.8) is 0 Å². The summed E-state index contributed by atoms with van der Waals surface area (Å²) < 4.78 is 0. The number of rotatable bonds is 4. The maximum Gasteiger partial charge on any atom is 0.229 e. The van der Waals surface area contributed by atoms with Crippen LogP contribution < -0.4 is 15.5 Å². The highest BCUT2D eigenvalue weighted by molar-refractivity contribution is 5.89. The second-order valence-electron chi connectivity index (χ2n) is 6.51. The summed E-state index contributed by atoms with van der Waals surface area (Å²) in [4.78, 5) is 22.5. The zero-order chi connectivity index (χ0) is 18.6. The van der Waals surface area contributed by atoms with Gasteiger partial charge in [0.1, 0.15) is 5.82 Å². The van der Waals surface area contributed by atoms with Gasteiger partial charge in [-0.15, -0.1) is 0 Å². The second-order valence-corrected chi connectivity index (χ2v) is 6.51. The average molecular weight is 359 g/mol. The molecule has 0 spiro atoms. The summed E-state index contributed by atoms with van der Waals surface area (Å²) in [6.07, 6.45) is 3.96. The third-order valence-electron chi connectivity index (χ3n) is 4.47. The van der Waals surface area contributed by atoms with E-state index in [1.165, 1.54) is 18.2 Å². The summed E-state index contributed by atoms with van der Waals surface area (Å²) in [7, 11) is 0. The fraction of sp³-hybridized carbons (Fsp3) is 0.190. The van der Waals surface area contributed by atoms with Crippen LogP contribution in [0.5, 0.6) is 0 Å². The van der Waals surface area contributed by atoms with E-state index < -0.39 is 0 Å². The highest BCUT2D eigenvalue weighted by atomic mass is 16.1. The fourth-order valence-electron chi connectivity index (χ4n) is 3.34. The molecule has 1 aromatic heterocycles. The monoisotopic (exact) mass is 359 g/mol. The molecule has 27 heavy (non-hydrogen) atoms. The van der Waals surface area contributed by atoms with Gasteiger partial charge in [-0.3, -0.25) is 4.79 Å². The quantitative estimate of drug-likeness (QED) is 0.728. The third-order valence-corrected chi connectivity index (χ3v) is 4.47. The lowest BCUT2D eigenvalue weighted by Gasteiger charge is -2.30. The molecule has 136 valence electrons. The Morgan fingerprint density at radius 1 is 1.07 bits per heavy atom. The van der Waals surface area contributed by atoms with Gasteiger partial charge < -0.3 is 15.5 Å². The van der Waals surface area contributed by atoms with Crippen LogP contribution in [0.2, 0.25) is 0 Å². The number of fused-ring (bicyclic) bond motifs is 1. The first-order chi connectivity index (χ1) is 13.2. The summed E-state index contributed by atoms with van der Waals surface area (Å²) in [6.45, 7) is 2.43. The molecule has 0 unspecified atom stereocenters. The van der Waals surface area contributed by atoms with E-state index in [1.807, 2.05) is 30.3 Å². The summed E-state index contributed by atoms with van der Waals surface area (Å²) in [5, 5.41) is 6.00. The van der Waals surface area contributed by atoms with Crippen molar-refractivity contribution in [3.05, 3.63) is 66.4 Å². The van der Waals surface area contributed by atoms with E-state index in [9.17, 15) is 4.79 Å². The van der Waals surface area contributed by atoms with Gasteiger partial charge in [0.2, 0.25) is 11.9 Å². The number of anilines is 5. The van der Waals surface area contributed by atoms with Gasteiger partial charge >= 0.3 is 0 Å². The molecule has 0 radical (unpaired) electrons. The molecule has 3 aromatic rings. The lowest BCUT2D eigenvalue weighted by atomic mass is 10.0. The van der Waals surface area contributed by atoms with Crippen molar-refractivity contribution in [2.24, 2.45) is 0 Å². The van der Waals surface area contributed by atoms with Crippen molar-refractivity contribution in [2.45, 2.75) is 19.8 Å². The lowest BCUT2D eigenvalue weighted by Crippen LogP contribution is -2.25. The molecule has 0 saturated heterocycles.